The average molecular weight is 327 g/mol. The van der Waals surface area contributed by atoms with E-state index in [1.54, 1.807) is 19.5 Å². The first-order valence-electron chi connectivity index (χ1n) is 8.38. The fraction of sp³-hybridized carbons (Fsp3) is 0.529. The summed E-state index contributed by atoms with van der Waals surface area (Å²) in [5.74, 6) is 2.22. The summed E-state index contributed by atoms with van der Waals surface area (Å²) in [6, 6.07) is 3.67. The van der Waals surface area contributed by atoms with Gasteiger partial charge in [-0.05, 0) is 24.5 Å². The van der Waals surface area contributed by atoms with Crippen molar-refractivity contribution in [3.05, 3.63) is 41.7 Å². The number of hydrogen-bond donors (Lipinski definition) is 1. The summed E-state index contributed by atoms with van der Waals surface area (Å²) < 4.78 is 5.49. The fourth-order valence-corrected chi connectivity index (χ4v) is 3.24. The lowest BCUT2D eigenvalue weighted by Gasteiger charge is -2.22. The van der Waals surface area contributed by atoms with Gasteiger partial charge in [0.05, 0.1) is 18.6 Å². The summed E-state index contributed by atoms with van der Waals surface area (Å²) in [5.41, 5.74) is 0.915. The van der Waals surface area contributed by atoms with E-state index < -0.39 is 0 Å². The highest BCUT2D eigenvalue weighted by molar-refractivity contribution is 5.79. The van der Waals surface area contributed by atoms with Crippen molar-refractivity contribution < 1.29 is 9.53 Å². The minimum atomic E-state index is -0.0980. The van der Waals surface area contributed by atoms with Gasteiger partial charge in [0.15, 0.2) is 5.82 Å². The number of methoxy groups -OCH3 is 1. The van der Waals surface area contributed by atoms with Gasteiger partial charge in [-0.1, -0.05) is 6.07 Å². The molecule has 1 aliphatic heterocycles. The van der Waals surface area contributed by atoms with E-state index in [-0.39, 0.29) is 18.1 Å². The van der Waals surface area contributed by atoms with Gasteiger partial charge in [-0.2, -0.15) is 5.10 Å². The van der Waals surface area contributed by atoms with Crippen LogP contribution in [0.25, 0.3) is 0 Å². The van der Waals surface area contributed by atoms with Crippen molar-refractivity contribution in [1.82, 2.24) is 25.1 Å². The Morgan fingerprint density at radius 2 is 2.33 bits per heavy atom. The average Bonchev–Trinajstić information content (AvgIpc) is 3.18. The van der Waals surface area contributed by atoms with Crippen LogP contribution in [-0.4, -0.2) is 50.7 Å². The number of ether oxygens (including phenoxy) is 1. The van der Waals surface area contributed by atoms with E-state index in [1.165, 1.54) is 0 Å². The van der Waals surface area contributed by atoms with Gasteiger partial charge in [-0.25, -0.2) is 4.98 Å². The molecule has 2 aromatic heterocycles. The van der Waals surface area contributed by atoms with Gasteiger partial charge in [-0.3, -0.25) is 14.9 Å². The molecule has 0 aromatic carbocycles. The Balaban J connectivity index is 1.53. The molecule has 4 rings (SSSR count). The number of pyridine rings is 1. The molecule has 3 heterocycles. The highest BCUT2D eigenvalue weighted by Gasteiger charge is 2.39. The maximum absolute atomic E-state index is 12.8. The van der Waals surface area contributed by atoms with Crippen molar-refractivity contribution >= 4 is 5.91 Å². The summed E-state index contributed by atoms with van der Waals surface area (Å²) in [7, 11) is 1.69. The molecule has 0 bridgehead atoms. The number of nitrogens with one attached hydrogen (secondary N) is 1. The monoisotopic (exact) mass is 327 g/mol. The highest BCUT2D eigenvalue weighted by atomic mass is 16.5. The van der Waals surface area contributed by atoms with Gasteiger partial charge < -0.3 is 9.64 Å². The molecule has 0 spiro atoms. The van der Waals surface area contributed by atoms with E-state index in [4.69, 9.17) is 4.74 Å². The van der Waals surface area contributed by atoms with Crippen LogP contribution in [0.1, 0.15) is 48.4 Å². The third kappa shape index (κ3) is 3.03. The van der Waals surface area contributed by atoms with E-state index in [0.29, 0.717) is 18.9 Å². The smallest absolute Gasteiger partial charge is 0.227 e. The van der Waals surface area contributed by atoms with Crippen molar-refractivity contribution in [1.29, 1.82) is 0 Å². The van der Waals surface area contributed by atoms with Gasteiger partial charge in [0.1, 0.15) is 5.82 Å². The Bertz CT molecular complexity index is 713. The number of carbonyl (C=O) groups excluding carboxylic acids is 1. The van der Waals surface area contributed by atoms with Crippen LogP contribution < -0.4 is 0 Å². The number of aromatic nitrogens is 4. The molecule has 2 aromatic rings. The van der Waals surface area contributed by atoms with Crippen molar-refractivity contribution in [2.24, 2.45) is 0 Å². The predicted molar refractivity (Wildman–Crippen MR) is 86.2 cm³/mol. The standard InChI is InChI=1S/C17H21N5O2/c1-24-13-8-14(17-19-16(20-21-17)12-4-5-12)22(10-13)15(23)7-11-3-2-6-18-9-11/h2-3,6,9,12-14H,4-5,7-8,10H2,1H3,(H,19,20,21)/t13-,14+/m1/s1. The maximum Gasteiger partial charge on any atom is 0.227 e. The quantitative estimate of drug-likeness (QED) is 0.902. The zero-order valence-corrected chi connectivity index (χ0v) is 13.7. The minimum Gasteiger partial charge on any atom is -0.380 e. The van der Waals surface area contributed by atoms with E-state index in [2.05, 4.69) is 20.2 Å². The zero-order chi connectivity index (χ0) is 16.5. The number of likely N-dealkylation sites (tertiary alicyclic amines) is 1. The third-order valence-corrected chi connectivity index (χ3v) is 4.77. The molecule has 7 nitrogen and oxygen atoms in total. The Morgan fingerprint density at radius 3 is 3.04 bits per heavy atom. The molecule has 1 N–H and O–H groups in total. The zero-order valence-electron chi connectivity index (χ0n) is 13.7. The van der Waals surface area contributed by atoms with Gasteiger partial charge in [0.2, 0.25) is 5.91 Å². The largest absolute Gasteiger partial charge is 0.380 e. The number of hydrogen-bond acceptors (Lipinski definition) is 5. The summed E-state index contributed by atoms with van der Waals surface area (Å²) in [6.45, 7) is 0.583. The van der Waals surface area contributed by atoms with Crippen LogP contribution in [-0.2, 0) is 16.0 Å². The summed E-state index contributed by atoms with van der Waals surface area (Å²) in [4.78, 5) is 23.4. The van der Waals surface area contributed by atoms with Crippen LogP contribution in [0.5, 0.6) is 0 Å². The van der Waals surface area contributed by atoms with Crippen LogP contribution in [0, 0.1) is 0 Å². The lowest BCUT2D eigenvalue weighted by atomic mass is 10.1. The molecule has 0 unspecified atom stereocenters. The normalized spacial score (nSPS) is 23.6. The predicted octanol–water partition coefficient (Wildman–Crippen LogP) is 1.61. The first-order chi connectivity index (χ1) is 11.7. The summed E-state index contributed by atoms with van der Waals surface area (Å²) in [5, 5.41) is 7.37. The van der Waals surface area contributed by atoms with Crippen molar-refractivity contribution in [3.63, 3.8) is 0 Å². The van der Waals surface area contributed by atoms with E-state index in [9.17, 15) is 4.79 Å². The molecule has 0 radical (unpaired) electrons. The SMILES string of the molecule is CO[C@@H]1C[C@@H](c2nc(C3CC3)n[nH]2)N(C(=O)Cc2cccnc2)C1. The number of amides is 1. The number of nitrogens with zero attached hydrogens (tertiary/aromatic N) is 4. The molecular formula is C17H21N5O2. The minimum absolute atomic E-state index is 0.0299. The van der Waals surface area contributed by atoms with Gasteiger partial charge in [0, 0.05) is 38.4 Å². The molecule has 7 heteroatoms. The summed E-state index contributed by atoms with van der Waals surface area (Å²) in [6.07, 6.45) is 6.87. The first-order valence-corrected chi connectivity index (χ1v) is 8.38. The number of carbonyl (C=O) groups is 1. The molecule has 2 aliphatic rings. The molecule has 1 aliphatic carbocycles. The molecule has 24 heavy (non-hydrogen) atoms. The van der Waals surface area contributed by atoms with E-state index in [1.807, 2.05) is 17.0 Å². The Kier molecular flexibility index (Phi) is 4.02. The Hall–Kier alpha value is -2.28. The van der Waals surface area contributed by atoms with Gasteiger partial charge in [0.25, 0.3) is 0 Å². The number of rotatable bonds is 5. The lowest BCUT2D eigenvalue weighted by Crippen LogP contribution is -2.33. The molecule has 2 atom stereocenters. The van der Waals surface area contributed by atoms with Crippen molar-refractivity contribution in [3.8, 4) is 0 Å². The Morgan fingerprint density at radius 1 is 1.46 bits per heavy atom. The van der Waals surface area contributed by atoms with Crippen LogP contribution in [0.15, 0.2) is 24.5 Å². The summed E-state index contributed by atoms with van der Waals surface area (Å²) >= 11 is 0. The topological polar surface area (TPSA) is 84.0 Å². The molecule has 126 valence electrons. The van der Waals surface area contributed by atoms with Gasteiger partial charge >= 0.3 is 0 Å². The van der Waals surface area contributed by atoms with Crippen LogP contribution in [0.4, 0.5) is 0 Å². The van der Waals surface area contributed by atoms with Gasteiger partial charge in [-0.15, -0.1) is 0 Å². The fourth-order valence-electron chi connectivity index (χ4n) is 3.24. The number of H-pyrrole nitrogens is 1. The second kappa shape index (κ2) is 6.32. The first kappa shape index (κ1) is 15.3. The van der Waals surface area contributed by atoms with Crippen LogP contribution in [0.3, 0.4) is 0 Å². The molecule has 1 saturated heterocycles. The second-order valence-electron chi connectivity index (χ2n) is 6.55. The second-order valence-corrected chi connectivity index (χ2v) is 6.55. The van der Waals surface area contributed by atoms with Crippen LogP contribution >= 0.6 is 0 Å². The molecule has 1 amide bonds. The van der Waals surface area contributed by atoms with E-state index >= 15 is 0 Å². The molecule has 2 fully saturated rings. The molecule has 1 saturated carbocycles. The third-order valence-electron chi connectivity index (χ3n) is 4.77. The molecular weight excluding hydrogens is 306 g/mol. The van der Waals surface area contributed by atoms with Crippen LogP contribution in [0.2, 0.25) is 0 Å². The lowest BCUT2D eigenvalue weighted by molar-refractivity contribution is -0.131. The van der Waals surface area contributed by atoms with E-state index in [0.717, 1.165) is 36.5 Å². The van der Waals surface area contributed by atoms with Crippen molar-refractivity contribution in [2.75, 3.05) is 13.7 Å². The Labute approximate surface area is 140 Å². The van der Waals surface area contributed by atoms with Crippen molar-refractivity contribution in [2.45, 2.75) is 43.7 Å². The number of aromatic amines is 1. The highest BCUT2D eigenvalue weighted by Crippen LogP contribution is 2.39. The maximum atomic E-state index is 12.8.